The Bertz CT molecular complexity index is 736. The van der Waals surface area contributed by atoms with Crippen molar-refractivity contribution in [1.29, 1.82) is 0 Å². The van der Waals surface area contributed by atoms with E-state index < -0.39 is 0 Å². The normalized spacial score (nSPS) is 17.6. The van der Waals surface area contributed by atoms with Crippen LogP contribution < -0.4 is 20.7 Å². The number of guanidine groups is 1. The van der Waals surface area contributed by atoms with Crippen LogP contribution in [0, 0.1) is 11.7 Å². The number of amides is 1. The van der Waals surface area contributed by atoms with Crippen LogP contribution in [-0.4, -0.2) is 37.6 Å². The van der Waals surface area contributed by atoms with Gasteiger partial charge in [-0.3, -0.25) is 9.79 Å². The monoisotopic (exact) mass is 546 g/mol. The molecule has 2 fully saturated rings. The highest BCUT2D eigenvalue weighted by Crippen LogP contribution is 2.30. The number of nitrogens with one attached hydrogen (secondary N) is 3. The minimum Gasteiger partial charge on any atom is -0.490 e. The summed E-state index contributed by atoms with van der Waals surface area (Å²) in [6.07, 6.45) is 7.27. The number of hydrogen-bond donors (Lipinski definition) is 3. The second-order valence-corrected chi connectivity index (χ2v) is 8.37. The van der Waals surface area contributed by atoms with E-state index in [2.05, 4.69) is 20.9 Å². The summed E-state index contributed by atoms with van der Waals surface area (Å²) in [7, 11) is 0. The number of benzene rings is 1. The van der Waals surface area contributed by atoms with Crippen LogP contribution in [0.2, 0.25) is 0 Å². The molecular weight excluding hydrogens is 510 g/mol. The summed E-state index contributed by atoms with van der Waals surface area (Å²) in [5.74, 6) is 1.23. The molecule has 1 aromatic rings. The molecule has 2 aliphatic carbocycles. The molecule has 2 saturated carbocycles. The average molecular weight is 546 g/mol. The molecule has 2 aliphatic rings. The fraction of sp³-hybridized carbons (Fsp3) is 0.652. The second kappa shape index (κ2) is 13.1. The highest BCUT2D eigenvalue weighted by molar-refractivity contribution is 14.0. The Morgan fingerprint density at radius 1 is 1.26 bits per heavy atom. The lowest BCUT2D eigenvalue weighted by Gasteiger charge is -2.19. The van der Waals surface area contributed by atoms with Gasteiger partial charge in [0, 0.05) is 19.0 Å². The van der Waals surface area contributed by atoms with E-state index in [-0.39, 0.29) is 41.7 Å². The number of carbonyl (C=O) groups excluding carboxylic acids is 1. The summed E-state index contributed by atoms with van der Waals surface area (Å²) in [6, 6.07) is 5.28. The van der Waals surface area contributed by atoms with Crippen LogP contribution in [0.1, 0.15) is 70.4 Å². The van der Waals surface area contributed by atoms with Crippen LogP contribution in [0.3, 0.4) is 0 Å². The van der Waals surface area contributed by atoms with Crippen molar-refractivity contribution in [2.75, 3.05) is 19.7 Å². The molecule has 0 aliphatic heterocycles. The second-order valence-electron chi connectivity index (χ2n) is 8.37. The molecule has 0 spiro atoms. The lowest BCUT2D eigenvalue weighted by molar-refractivity contribution is -0.121. The van der Waals surface area contributed by atoms with E-state index in [0.29, 0.717) is 49.8 Å². The van der Waals surface area contributed by atoms with Crippen LogP contribution in [0.5, 0.6) is 5.75 Å². The number of ether oxygens (including phenoxy) is 1. The van der Waals surface area contributed by atoms with Gasteiger partial charge in [-0.1, -0.05) is 18.9 Å². The van der Waals surface area contributed by atoms with Crippen molar-refractivity contribution in [3.8, 4) is 5.75 Å². The van der Waals surface area contributed by atoms with E-state index in [1.165, 1.54) is 31.7 Å². The standard InChI is InChI=1S/C23H35FN4O2.HI/c1-3-25-23(26-13-12-22(29)28-19-6-4-5-7-19)27-16(2)18-10-11-21(20(24)14-18)30-15-17-8-9-17;/h10-11,14,16-17,19H,3-9,12-13,15H2,1-2H3,(H,28,29)(H2,25,26,27);1H. The third-order valence-corrected chi connectivity index (χ3v) is 5.65. The number of hydrogen-bond acceptors (Lipinski definition) is 3. The molecular formula is C23H36FIN4O2. The Labute approximate surface area is 202 Å². The summed E-state index contributed by atoms with van der Waals surface area (Å²) >= 11 is 0. The molecule has 0 aromatic heterocycles. The van der Waals surface area contributed by atoms with E-state index in [1.54, 1.807) is 6.07 Å². The average Bonchev–Trinajstić information content (AvgIpc) is 3.41. The molecule has 0 bridgehead atoms. The fourth-order valence-electron chi connectivity index (χ4n) is 3.64. The van der Waals surface area contributed by atoms with Crippen LogP contribution in [0.4, 0.5) is 4.39 Å². The molecule has 0 radical (unpaired) electrons. The zero-order valence-corrected chi connectivity index (χ0v) is 20.9. The molecule has 0 heterocycles. The third-order valence-electron chi connectivity index (χ3n) is 5.65. The van der Waals surface area contributed by atoms with Gasteiger partial charge in [0.25, 0.3) is 0 Å². The number of halogens is 2. The maximum atomic E-state index is 14.4. The number of aliphatic imine (C=N–C) groups is 1. The summed E-state index contributed by atoms with van der Waals surface area (Å²) < 4.78 is 20.0. The first kappa shape index (κ1) is 25.7. The number of rotatable bonds is 10. The Kier molecular flexibility index (Phi) is 10.8. The maximum Gasteiger partial charge on any atom is 0.222 e. The predicted molar refractivity (Wildman–Crippen MR) is 133 cm³/mol. The molecule has 8 heteroatoms. The minimum absolute atomic E-state index is 0. The fourth-order valence-corrected chi connectivity index (χ4v) is 3.64. The van der Waals surface area contributed by atoms with Crippen LogP contribution in [0.15, 0.2) is 23.2 Å². The maximum absolute atomic E-state index is 14.4. The Morgan fingerprint density at radius 2 is 2.00 bits per heavy atom. The van der Waals surface area contributed by atoms with Gasteiger partial charge in [0.05, 0.1) is 19.2 Å². The lowest BCUT2D eigenvalue weighted by atomic mass is 10.1. The van der Waals surface area contributed by atoms with E-state index in [1.807, 2.05) is 19.9 Å². The molecule has 1 amide bonds. The van der Waals surface area contributed by atoms with E-state index >= 15 is 0 Å². The van der Waals surface area contributed by atoms with Crippen LogP contribution >= 0.6 is 24.0 Å². The Hall–Kier alpha value is -1.58. The summed E-state index contributed by atoms with van der Waals surface area (Å²) in [5, 5.41) is 9.55. The first-order valence-corrected chi connectivity index (χ1v) is 11.3. The van der Waals surface area contributed by atoms with Gasteiger partial charge < -0.3 is 20.7 Å². The molecule has 1 unspecified atom stereocenters. The van der Waals surface area contributed by atoms with E-state index in [9.17, 15) is 9.18 Å². The summed E-state index contributed by atoms with van der Waals surface area (Å²) in [6.45, 7) is 5.65. The van der Waals surface area contributed by atoms with Crippen LogP contribution in [-0.2, 0) is 4.79 Å². The van der Waals surface area contributed by atoms with Crippen molar-refractivity contribution in [2.24, 2.45) is 10.9 Å². The van der Waals surface area contributed by atoms with Gasteiger partial charge in [0.1, 0.15) is 0 Å². The number of nitrogens with zero attached hydrogens (tertiary/aromatic N) is 1. The van der Waals surface area contributed by atoms with Gasteiger partial charge in [0.2, 0.25) is 5.91 Å². The highest BCUT2D eigenvalue weighted by Gasteiger charge is 2.22. The molecule has 1 aromatic carbocycles. The largest absolute Gasteiger partial charge is 0.490 e. The smallest absolute Gasteiger partial charge is 0.222 e. The van der Waals surface area contributed by atoms with E-state index in [4.69, 9.17) is 4.74 Å². The predicted octanol–water partition coefficient (Wildman–Crippen LogP) is 4.30. The molecule has 1 atom stereocenters. The van der Waals surface area contributed by atoms with E-state index in [0.717, 1.165) is 18.4 Å². The Morgan fingerprint density at radius 3 is 2.65 bits per heavy atom. The first-order chi connectivity index (χ1) is 14.5. The highest BCUT2D eigenvalue weighted by atomic mass is 127. The summed E-state index contributed by atoms with van der Waals surface area (Å²) in [4.78, 5) is 16.6. The summed E-state index contributed by atoms with van der Waals surface area (Å²) in [5.41, 5.74) is 0.816. The van der Waals surface area contributed by atoms with Crippen molar-refractivity contribution in [2.45, 2.75) is 70.9 Å². The first-order valence-electron chi connectivity index (χ1n) is 11.3. The van der Waals surface area contributed by atoms with Crippen molar-refractivity contribution in [3.63, 3.8) is 0 Å². The van der Waals surface area contributed by atoms with Gasteiger partial charge in [-0.2, -0.15) is 0 Å². The zero-order chi connectivity index (χ0) is 21.3. The van der Waals surface area contributed by atoms with Crippen LogP contribution in [0.25, 0.3) is 0 Å². The lowest BCUT2D eigenvalue weighted by Crippen LogP contribution is -2.39. The quantitative estimate of drug-likeness (QED) is 0.233. The van der Waals surface area contributed by atoms with Gasteiger partial charge in [-0.25, -0.2) is 4.39 Å². The van der Waals surface area contributed by atoms with Crippen molar-refractivity contribution < 1.29 is 13.9 Å². The molecule has 31 heavy (non-hydrogen) atoms. The van der Waals surface area contributed by atoms with Crippen molar-refractivity contribution in [1.82, 2.24) is 16.0 Å². The van der Waals surface area contributed by atoms with Gasteiger partial charge in [0.15, 0.2) is 17.5 Å². The van der Waals surface area contributed by atoms with Gasteiger partial charge in [-0.15, -0.1) is 24.0 Å². The van der Waals surface area contributed by atoms with Crippen molar-refractivity contribution in [3.05, 3.63) is 29.6 Å². The number of carbonyl (C=O) groups is 1. The zero-order valence-electron chi connectivity index (χ0n) is 18.6. The minimum atomic E-state index is -0.340. The topological polar surface area (TPSA) is 74.8 Å². The van der Waals surface area contributed by atoms with Gasteiger partial charge in [-0.05, 0) is 63.1 Å². The molecule has 174 valence electrons. The molecule has 3 rings (SSSR count). The third kappa shape index (κ3) is 8.82. The SMILES string of the molecule is CCNC(=NCCC(=O)NC1CCCC1)NC(C)c1ccc(OCC2CC2)c(F)c1.I. The molecule has 6 nitrogen and oxygen atoms in total. The van der Waals surface area contributed by atoms with Gasteiger partial charge >= 0.3 is 0 Å². The molecule has 3 N–H and O–H groups in total. The Balaban J connectivity index is 0.00000341. The molecule has 0 saturated heterocycles. The van der Waals surface area contributed by atoms with Crippen molar-refractivity contribution >= 4 is 35.8 Å².